The van der Waals surface area contributed by atoms with E-state index in [9.17, 15) is 24.0 Å². The van der Waals surface area contributed by atoms with Crippen molar-refractivity contribution < 1.29 is 28.7 Å². The number of ether oxygens (including phenoxy) is 1. The van der Waals surface area contributed by atoms with E-state index >= 15 is 0 Å². The van der Waals surface area contributed by atoms with Gasteiger partial charge in [0, 0.05) is 37.5 Å². The SMILES string of the molecule is CC(=O)O[C@]1(C(=O)C=O)CC[C@H]2[C@@H]3CCC4CC(=O)CC[C@]4(C)[C@H]3C(=O)C[C@@]21C. The summed E-state index contributed by atoms with van der Waals surface area (Å²) in [5, 5.41) is 0. The Hall–Kier alpha value is -1.85. The Morgan fingerprint density at radius 3 is 2.48 bits per heavy atom. The number of rotatable bonds is 3. The van der Waals surface area contributed by atoms with Crippen LogP contribution < -0.4 is 0 Å². The second-order valence-corrected chi connectivity index (χ2v) is 10.3. The van der Waals surface area contributed by atoms with Gasteiger partial charge in [-0.05, 0) is 55.3 Å². The van der Waals surface area contributed by atoms with Crippen molar-refractivity contribution in [2.24, 2.45) is 34.5 Å². The largest absolute Gasteiger partial charge is 0.450 e. The fourth-order valence-electron chi connectivity index (χ4n) is 7.81. The van der Waals surface area contributed by atoms with Crippen LogP contribution in [-0.4, -0.2) is 35.2 Å². The number of hydrogen-bond donors (Lipinski definition) is 0. The van der Waals surface area contributed by atoms with Crippen molar-refractivity contribution in [2.45, 2.75) is 77.7 Å². The highest BCUT2D eigenvalue weighted by Crippen LogP contribution is 2.67. The fourth-order valence-corrected chi connectivity index (χ4v) is 7.81. The molecule has 7 atom stereocenters. The molecule has 0 aromatic heterocycles. The van der Waals surface area contributed by atoms with Crippen LogP contribution in [0.1, 0.15) is 72.1 Å². The fraction of sp³-hybridized carbons (Fsp3) is 0.783. The molecule has 0 radical (unpaired) electrons. The lowest BCUT2D eigenvalue weighted by molar-refractivity contribution is -0.192. The van der Waals surface area contributed by atoms with Gasteiger partial charge in [-0.3, -0.25) is 24.0 Å². The number of ketones is 3. The summed E-state index contributed by atoms with van der Waals surface area (Å²) in [6.07, 6.45) is 4.94. The summed E-state index contributed by atoms with van der Waals surface area (Å²) in [5.41, 5.74) is -2.58. The summed E-state index contributed by atoms with van der Waals surface area (Å²) in [4.78, 5) is 61.7. The summed E-state index contributed by atoms with van der Waals surface area (Å²) in [5.74, 6) is -0.652. The normalized spacial score (nSPS) is 46.3. The van der Waals surface area contributed by atoms with Gasteiger partial charge >= 0.3 is 5.97 Å². The predicted molar refractivity (Wildman–Crippen MR) is 103 cm³/mol. The van der Waals surface area contributed by atoms with E-state index in [4.69, 9.17) is 4.74 Å². The number of carbonyl (C=O) groups excluding carboxylic acids is 5. The van der Waals surface area contributed by atoms with Crippen LogP contribution in [0.2, 0.25) is 0 Å². The van der Waals surface area contributed by atoms with Crippen LogP contribution in [0.3, 0.4) is 0 Å². The molecule has 0 spiro atoms. The van der Waals surface area contributed by atoms with Gasteiger partial charge in [0.15, 0.2) is 11.9 Å². The van der Waals surface area contributed by atoms with Crippen LogP contribution in [0, 0.1) is 34.5 Å². The molecule has 0 aliphatic heterocycles. The average Bonchev–Trinajstić information content (AvgIpc) is 2.93. The molecule has 4 aliphatic rings. The second kappa shape index (κ2) is 6.58. The minimum atomic E-state index is -1.54. The highest BCUT2D eigenvalue weighted by molar-refractivity contribution is 6.29. The molecule has 4 aliphatic carbocycles. The van der Waals surface area contributed by atoms with E-state index in [2.05, 4.69) is 6.92 Å². The molecule has 0 saturated heterocycles. The van der Waals surface area contributed by atoms with Crippen LogP contribution >= 0.6 is 0 Å². The van der Waals surface area contributed by atoms with Crippen LogP contribution in [0.15, 0.2) is 0 Å². The zero-order valence-electron chi connectivity index (χ0n) is 17.5. The van der Waals surface area contributed by atoms with E-state index in [-0.39, 0.29) is 47.6 Å². The first-order chi connectivity index (χ1) is 13.6. The van der Waals surface area contributed by atoms with E-state index in [1.54, 1.807) is 0 Å². The molecule has 1 unspecified atom stereocenters. The van der Waals surface area contributed by atoms with Crippen molar-refractivity contribution in [3.8, 4) is 0 Å². The summed E-state index contributed by atoms with van der Waals surface area (Å²) >= 11 is 0. The molecule has 29 heavy (non-hydrogen) atoms. The zero-order chi connectivity index (χ0) is 21.2. The van der Waals surface area contributed by atoms with Gasteiger partial charge in [0.1, 0.15) is 11.6 Å². The Morgan fingerprint density at radius 2 is 1.83 bits per heavy atom. The standard InChI is InChI=1S/C23H30O6/c1-13(25)29-23(19(28)12-24)9-7-17-16-5-4-14-10-15(26)6-8-21(14,2)20(16)18(27)11-22(17,23)3/h12,14,16-17,20H,4-11H2,1-3H3/t14?,16-,17-,20+,21-,22-,23-/m0/s1. The third kappa shape index (κ3) is 2.63. The van der Waals surface area contributed by atoms with E-state index in [0.717, 1.165) is 19.3 Å². The Morgan fingerprint density at radius 1 is 1.10 bits per heavy atom. The van der Waals surface area contributed by atoms with Crippen LogP contribution in [-0.2, 0) is 28.7 Å². The maximum absolute atomic E-state index is 13.6. The average molecular weight is 402 g/mol. The molecular formula is C23H30O6. The zero-order valence-corrected chi connectivity index (χ0v) is 17.5. The minimum absolute atomic E-state index is 0.0452. The summed E-state index contributed by atoms with van der Waals surface area (Å²) in [6.45, 7) is 5.28. The molecule has 158 valence electrons. The molecule has 6 nitrogen and oxygen atoms in total. The number of esters is 1. The van der Waals surface area contributed by atoms with E-state index in [0.29, 0.717) is 31.5 Å². The molecular weight excluding hydrogens is 372 g/mol. The van der Waals surface area contributed by atoms with Crippen LogP contribution in [0.25, 0.3) is 0 Å². The third-order valence-corrected chi connectivity index (χ3v) is 9.11. The number of carbonyl (C=O) groups is 5. The summed E-state index contributed by atoms with van der Waals surface area (Å²) in [6, 6.07) is 0. The van der Waals surface area contributed by atoms with Crippen molar-refractivity contribution >= 4 is 29.6 Å². The van der Waals surface area contributed by atoms with Gasteiger partial charge in [-0.2, -0.15) is 0 Å². The lowest BCUT2D eigenvalue weighted by Crippen LogP contribution is -2.62. The molecule has 0 heterocycles. The second-order valence-electron chi connectivity index (χ2n) is 10.3. The first-order valence-corrected chi connectivity index (χ1v) is 10.8. The molecule has 4 fully saturated rings. The van der Waals surface area contributed by atoms with Gasteiger partial charge in [0.05, 0.1) is 0 Å². The van der Waals surface area contributed by atoms with Gasteiger partial charge in [-0.25, -0.2) is 0 Å². The number of aldehydes is 1. The molecule has 4 rings (SSSR count). The van der Waals surface area contributed by atoms with Gasteiger partial charge in [-0.15, -0.1) is 0 Å². The smallest absolute Gasteiger partial charge is 0.303 e. The van der Waals surface area contributed by atoms with E-state index in [1.807, 2.05) is 6.92 Å². The molecule has 0 amide bonds. The number of Topliss-reactive ketones (excluding diaryl/α,β-unsaturated/α-hetero) is 3. The minimum Gasteiger partial charge on any atom is -0.450 e. The molecule has 0 aromatic rings. The summed E-state index contributed by atoms with van der Waals surface area (Å²) < 4.78 is 5.58. The Balaban J connectivity index is 1.75. The van der Waals surface area contributed by atoms with Crippen molar-refractivity contribution in [3.05, 3.63) is 0 Å². The van der Waals surface area contributed by atoms with Gasteiger partial charge in [-0.1, -0.05) is 13.8 Å². The highest BCUT2D eigenvalue weighted by Gasteiger charge is 2.71. The number of hydrogen-bond acceptors (Lipinski definition) is 6. The monoisotopic (exact) mass is 402 g/mol. The topological polar surface area (TPSA) is 94.6 Å². The van der Waals surface area contributed by atoms with Crippen LogP contribution in [0.4, 0.5) is 0 Å². The number of fused-ring (bicyclic) bond motifs is 5. The van der Waals surface area contributed by atoms with Crippen molar-refractivity contribution in [1.82, 2.24) is 0 Å². The first kappa shape index (κ1) is 20.4. The Labute approximate surface area is 171 Å². The molecule has 0 bridgehead atoms. The van der Waals surface area contributed by atoms with Crippen LogP contribution in [0.5, 0.6) is 0 Å². The third-order valence-electron chi connectivity index (χ3n) is 9.11. The van der Waals surface area contributed by atoms with Crippen molar-refractivity contribution in [3.63, 3.8) is 0 Å². The quantitative estimate of drug-likeness (QED) is 0.409. The molecule has 0 aromatic carbocycles. The highest BCUT2D eigenvalue weighted by atomic mass is 16.6. The Kier molecular flexibility index (Phi) is 4.63. The molecule has 0 N–H and O–H groups in total. The predicted octanol–water partition coefficient (Wildman–Crippen LogP) is 2.85. The van der Waals surface area contributed by atoms with Gasteiger partial charge < -0.3 is 4.74 Å². The van der Waals surface area contributed by atoms with Gasteiger partial charge in [0.25, 0.3) is 0 Å². The Bertz CT molecular complexity index is 801. The lowest BCUT2D eigenvalue weighted by Gasteiger charge is -2.59. The first-order valence-electron chi connectivity index (χ1n) is 10.8. The van der Waals surface area contributed by atoms with Gasteiger partial charge in [0.2, 0.25) is 5.78 Å². The maximum atomic E-state index is 13.6. The van der Waals surface area contributed by atoms with E-state index in [1.165, 1.54) is 6.92 Å². The molecule has 4 saturated carbocycles. The van der Waals surface area contributed by atoms with E-state index < -0.39 is 22.8 Å². The summed E-state index contributed by atoms with van der Waals surface area (Å²) in [7, 11) is 0. The van der Waals surface area contributed by atoms with Crippen molar-refractivity contribution in [2.75, 3.05) is 0 Å². The molecule has 6 heteroatoms. The van der Waals surface area contributed by atoms with Crippen molar-refractivity contribution in [1.29, 1.82) is 0 Å². The lowest BCUT2D eigenvalue weighted by atomic mass is 9.44. The maximum Gasteiger partial charge on any atom is 0.303 e.